The van der Waals surface area contributed by atoms with Gasteiger partial charge in [0, 0.05) is 17.6 Å². The monoisotopic (exact) mass is 326 g/mol. The number of rotatable bonds is 5. The summed E-state index contributed by atoms with van der Waals surface area (Å²) in [5.41, 5.74) is 1.82. The van der Waals surface area contributed by atoms with E-state index >= 15 is 0 Å². The SMILES string of the molecule is Cc1cccc(C(=O)NCC(C)(C)CN(C)C)c1Br. The number of halogens is 1. The zero-order valence-corrected chi connectivity index (χ0v) is 14.0. The fourth-order valence-corrected chi connectivity index (χ4v) is 2.59. The highest BCUT2D eigenvalue weighted by atomic mass is 79.9. The smallest absolute Gasteiger partial charge is 0.252 e. The molecule has 0 unspecified atom stereocenters. The Morgan fingerprint density at radius 2 is 2.00 bits per heavy atom. The molecule has 1 N–H and O–H groups in total. The zero-order valence-electron chi connectivity index (χ0n) is 12.4. The van der Waals surface area contributed by atoms with Crippen LogP contribution < -0.4 is 5.32 Å². The molecule has 0 aliphatic carbocycles. The lowest BCUT2D eigenvalue weighted by Crippen LogP contribution is -2.40. The van der Waals surface area contributed by atoms with E-state index < -0.39 is 0 Å². The lowest BCUT2D eigenvalue weighted by molar-refractivity contribution is 0.0928. The molecule has 0 saturated heterocycles. The second-order valence-corrected chi connectivity index (χ2v) is 6.81. The number of carbonyl (C=O) groups is 1. The molecule has 1 amide bonds. The summed E-state index contributed by atoms with van der Waals surface area (Å²) in [5.74, 6) is -0.0255. The van der Waals surface area contributed by atoms with Crippen molar-refractivity contribution in [2.75, 3.05) is 27.2 Å². The van der Waals surface area contributed by atoms with Gasteiger partial charge in [-0.05, 0) is 54.0 Å². The van der Waals surface area contributed by atoms with E-state index in [1.54, 1.807) is 0 Å². The minimum Gasteiger partial charge on any atom is -0.351 e. The average molecular weight is 327 g/mol. The zero-order chi connectivity index (χ0) is 14.6. The molecule has 0 radical (unpaired) electrons. The minimum atomic E-state index is -0.0255. The Morgan fingerprint density at radius 1 is 1.37 bits per heavy atom. The third-order valence-electron chi connectivity index (χ3n) is 2.91. The van der Waals surface area contributed by atoms with Gasteiger partial charge >= 0.3 is 0 Å². The third kappa shape index (κ3) is 4.96. The molecule has 0 fully saturated rings. The van der Waals surface area contributed by atoms with Crippen molar-refractivity contribution in [2.45, 2.75) is 20.8 Å². The molecule has 0 bridgehead atoms. The highest BCUT2D eigenvalue weighted by Crippen LogP contribution is 2.21. The summed E-state index contributed by atoms with van der Waals surface area (Å²) in [6.07, 6.45) is 0. The van der Waals surface area contributed by atoms with Crippen molar-refractivity contribution in [1.29, 1.82) is 0 Å². The molecule has 1 aromatic carbocycles. The molecular weight excluding hydrogens is 304 g/mol. The molecule has 1 rings (SSSR count). The molecule has 19 heavy (non-hydrogen) atoms. The van der Waals surface area contributed by atoms with Crippen LogP contribution in [0, 0.1) is 12.3 Å². The van der Waals surface area contributed by atoms with E-state index in [0.29, 0.717) is 12.1 Å². The summed E-state index contributed by atoms with van der Waals surface area (Å²) in [5, 5.41) is 3.02. The largest absolute Gasteiger partial charge is 0.351 e. The molecule has 0 aliphatic heterocycles. The maximum absolute atomic E-state index is 12.2. The van der Waals surface area contributed by atoms with Crippen molar-refractivity contribution >= 4 is 21.8 Å². The van der Waals surface area contributed by atoms with Gasteiger partial charge in [-0.3, -0.25) is 4.79 Å². The Labute approximate surface area is 124 Å². The average Bonchev–Trinajstić information content (AvgIpc) is 2.28. The van der Waals surface area contributed by atoms with Gasteiger partial charge in [0.25, 0.3) is 5.91 Å². The molecule has 106 valence electrons. The maximum atomic E-state index is 12.2. The topological polar surface area (TPSA) is 32.3 Å². The van der Waals surface area contributed by atoms with Gasteiger partial charge in [0.2, 0.25) is 0 Å². The van der Waals surface area contributed by atoms with Gasteiger partial charge in [-0.2, -0.15) is 0 Å². The molecule has 3 nitrogen and oxygen atoms in total. The van der Waals surface area contributed by atoms with Crippen LogP contribution in [0.1, 0.15) is 29.8 Å². The number of nitrogens with zero attached hydrogens (tertiary/aromatic N) is 1. The van der Waals surface area contributed by atoms with Crippen molar-refractivity contribution in [3.8, 4) is 0 Å². The van der Waals surface area contributed by atoms with Crippen molar-refractivity contribution < 1.29 is 4.79 Å². The van der Waals surface area contributed by atoms with Crippen molar-refractivity contribution in [3.05, 3.63) is 33.8 Å². The number of hydrogen-bond donors (Lipinski definition) is 1. The van der Waals surface area contributed by atoms with Crippen LogP contribution in [0.3, 0.4) is 0 Å². The van der Waals surface area contributed by atoms with Gasteiger partial charge in [-0.15, -0.1) is 0 Å². The van der Waals surface area contributed by atoms with Gasteiger partial charge in [0.05, 0.1) is 5.56 Å². The standard InChI is InChI=1S/C15H23BrN2O/c1-11-7-6-8-12(13(11)16)14(19)17-9-15(2,3)10-18(4)5/h6-8H,9-10H2,1-5H3,(H,17,19). The normalized spacial score (nSPS) is 11.7. The van der Waals surface area contributed by atoms with Gasteiger partial charge in [0.15, 0.2) is 0 Å². The summed E-state index contributed by atoms with van der Waals surface area (Å²) in [6.45, 7) is 7.88. The summed E-state index contributed by atoms with van der Waals surface area (Å²) < 4.78 is 0.873. The highest BCUT2D eigenvalue weighted by Gasteiger charge is 2.20. The van der Waals surface area contributed by atoms with Crippen LogP contribution in [-0.4, -0.2) is 38.0 Å². The Morgan fingerprint density at radius 3 is 2.58 bits per heavy atom. The van der Waals surface area contributed by atoms with E-state index in [2.05, 4.69) is 40.0 Å². The fourth-order valence-electron chi connectivity index (χ4n) is 2.15. The van der Waals surface area contributed by atoms with Crippen LogP contribution in [-0.2, 0) is 0 Å². The minimum absolute atomic E-state index is 0.0255. The third-order valence-corrected chi connectivity index (χ3v) is 3.96. The summed E-state index contributed by atoms with van der Waals surface area (Å²) in [6, 6.07) is 5.72. The number of hydrogen-bond acceptors (Lipinski definition) is 2. The number of nitrogens with one attached hydrogen (secondary N) is 1. The van der Waals surface area contributed by atoms with Gasteiger partial charge in [-0.25, -0.2) is 0 Å². The van der Waals surface area contributed by atoms with Crippen LogP contribution >= 0.6 is 15.9 Å². The first kappa shape index (κ1) is 16.2. The van der Waals surface area contributed by atoms with Crippen molar-refractivity contribution in [3.63, 3.8) is 0 Å². The quantitative estimate of drug-likeness (QED) is 0.901. The maximum Gasteiger partial charge on any atom is 0.252 e. The lowest BCUT2D eigenvalue weighted by atomic mass is 9.93. The van der Waals surface area contributed by atoms with E-state index in [4.69, 9.17) is 0 Å². The first-order valence-corrected chi connectivity index (χ1v) is 7.20. The second-order valence-electron chi connectivity index (χ2n) is 6.02. The van der Waals surface area contributed by atoms with Gasteiger partial charge < -0.3 is 10.2 Å². The predicted octanol–water partition coefficient (Wildman–Crippen LogP) is 3.08. The first-order valence-electron chi connectivity index (χ1n) is 6.41. The molecule has 4 heteroatoms. The van der Waals surface area contributed by atoms with Crippen LogP contribution in [0.25, 0.3) is 0 Å². The summed E-state index contributed by atoms with van der Waals surface area (Å²) >= 11 is 3.47. The molecule has 0 aliphatic rings. The van der Waals surface area contributed by atoms with E-state index in [9.17, 15) is 4.79 Å². The number of amides is 1. The van der Waals surface area contributed by atoms with Gasteiger partial charge in [0.1, 0.15) is 0 Å². The van der Waals surface area contributed by atoms with E-state index in [1.165, 1.54) is 0 Å². The van der Waals surface area contributed by atoms with E-state index in [-0.39, 0.29) is 11.3 Å². The predicted molar refractivity (Wildman–Crippen MR) is 83.5 cm³/mol. The molecule has 0 aromatic heterocycles. The second kappa shape index (κ2) is 6.53. The van der Waals surface area contributed by atoms with Crippen LogP contribution in [0.2, 0.25) is 0 Å². The Hall–Kier alpha value is -0.870. The van der Waals surface area contributed by atoms with E-state index in [1.807, 2.05) is 39.2 Å². The van der Waals surface area contributed by atoms with Crippen molar-refractivity contribution in [2.24, 2.45) is 5.41 Å². The molecule has 0 spiro atoms. The van der Waals surface area contributed by atoms with Crippen molar-refractivity contribution in [1.82, 2.24) is 10.2 Å². The Kier molecular flexibility index (Phi) is 5.56. The number of aryl methyl sites for hydroxylation is 1. The number of carbonyl (C=O) groups excluding carboxylic acids is 1. The summed E-state index contributed by atoms with van der Waals surface area (Å²) in [7, 11) is 4.08. The first-order chi connectivity index (χ1) is 8.73. The molecule has 0 atom stereocenters. The summed E-state index contributed by atoms with van der Waals surface area (Å²) in [4.78, 5) is 14.3. The van der Waals surface area contributed by atoms with E-state index in [0.717, 1.165) is 16.6 Å². The molecule has 1 aromatic rings. The van der Waals surface area contributed by atoms with Crippen LogP contribution in [0.4, 0.5) is 0 Å². The Bertz CT molecular complexity index is 455. The molecule has 0 heterocycles. The number of benzene rings is 1. The fraction of sp³-hybridized carbons (Fsp3) is 0.533. The van der Waals surface area contributed by atoms with Crippen LogP contribution in [0.15, 0.2) is 22.7 Å². The highest BCUT2D eigenvalue weighted by molar-refractivity contribution is 9.10. The van der Waals surface area contributed by atoms with Gasteiger partial charge in [-0.1, -0.05) is 26.0 Å². The molecular formula is C15H23BrN2O. The van der Waals surface area contributed by atoms with Crippen LogP contribution in [0.5, 0.6) is 0 Å². The Balaban J connectivity index is 2.68. The lowest BCUT2D eigenvalue weighted by Gasteiger charge is -2.28. The molecule has 0 saturated carbocycles.